The lowest BCUT2D eigenvalue weighted by Crippen LogP contribution is -2.41. The lowest BCUT2D eigenvalue weighted by atomic mass is 10.1. The summed E-state index contributed by atoms with van der Waals surface area (Å²) in [6.45, 7) is 0. The number of halogens is 21. The number of rotatable bonds is 3. The van der Waals surface area contributed by atoms with Crippen molar-refractivity contribution in [2.24, 2.45) is 0 Å². The largest absolute Gasteiger partial charge is 0.420 e. The second-order valence-corrected chi connectivity index (χ2v) is 9.78. The van der Waals surface area contributed by atoms with Gasteiger partial charge in [0.05, 0.1) is 0 Å². The Bertz CT molecular complexity index is 1450. The molecule has 0 spiro atoms. The summed E-state index contributed by atoms with van der Waals surface area (Å²) in [7, 11) is -6.12. The van der Waals surface area contributed by atoms with Crippen molar-refractivity contribution in [1.29, 1.82) is 0 Å². The highest BCUT2D eigenvalue weighted by atomic mass is 31.1. The van der Waals surface area contributed by atoms with Gasteiger partial charge in [-0.2, -0.15) is 39.5 Å². The summed E-state index contributed by atoms with van der Waals surface area (Å²) in [6, 6.07) is 0. The summed E-state index contributed by atoms with van der Waals surface area (Å²) in [5, 5.41) is -10.7. The Morgan fingerprint density at radius 1 is 0.256 bits per heavy atom. The summed E-state index contributed by atoms with van der Waals surface area (Å²) in [5.74, 6) is -43.9. The molecule has 0 amide bonds. The topological polar surface area (TPSA) is 0 Å². The van der Waals surface area contributed by atoms with E-state index in [0.29, 0.717) is 0 Å². The summed E-state index contributed by atoms with van der Waals surface area (Å²) in [4.78, 5) is 0. The molecule has 0 radical (unpaired) electrons. The molecular weight excluding hydrogens is 682 g/mol. The average molecular weight is 682 g/mol. The third kappa shape index (κ3) is 5.32. The highest BCUT2D eigenvalue weighted by Crippen LogP contribution is 2.50. The summed E-state index contributed by atoms with van der Waals surface area (Å²) >= 11 is 0. The molecule has 0 saturated heterocycles. The van der Waals surface area contributed by atoms with Crippen molar-refractivity contribution in [1.82, 2.24) is 0 Å². The molecule has 43 heavy (non-hydrogen) atoms. The molecule has 3 aromatic rings. The summed E-state index contributed by atoms with van der Waals surface area (Å²) < 4.78 is 296. The predicted octanol–water partition coefficient (Wildman–Crippen LogP) is 8.17. The fourth-order valence-electron chi connectivity index (χ4n) is 3.60. The molecule has 0 N–H and O–H groups in total. The van der Waals surface area contributed by atoms with Crippen LogP contribution in [0.25, 0.3) is 0 Å². The van der Waals surface area contributed by atoms with Gasteiger partial charge in [0.2, 0.25) is 0 Å². The monoisotopic (exact) mass is 682 g/mol. The van der Waals surface area contributed by atoms with Gasteiger partial charge in [0.25, 0.3) is 0 Å². The van der Waals surface area contributed by atoms with Crippen LogP contribution in [0.4, 0.5) is 92.2 Å². The minimum Gasteiger partial charge on any atom is -0.203 e. The van der Waals surface area contributed by atoms with E-state index in [1.165, 1.54) is 0 Å². The molecule has 3 aromatic carbocycles. The van der Waals surface area contributed by atoms with Crippen LogP contribution in [-0.4, -0.2) is 0 Å². The Labute approximate surface area is 222 Å². The van der Waals surface area contributed by atoms with Crippen molar-refractivity contribution < 1.29 is 92.2 Å². The second kappa shape index (κ2) is 10.7. The molecular formula is C21F21P. The van der Waals surface area contributed by atoms with Crippen LogP contribution in [0.3, 0.4) is 0 Å². The Kier molecular flexibility index (Phi) is 8.45. The second-order valence-electron chi connectivity index (χ2n) is 7.77. The Balaban J connectivity index is 2.96. The zero-order valence-electron chi connectivity index (χ0n) is 18.9. The quantitative estimate of drug-likeness (QED) is 0.113. The molecule has 0 aromatic heterocycles. The van der Waals surface area contributed by atoms with E-state index in [-0.39, 0.29) is 0 Å². The molecule has 0 heterocycles. The predicted molar refractivity (Wildman–Crippen MR) is 99.7 cm³/mol. The first-order valence-electron chi connectivity index (χ1n) is 9.89. The zero-order chi connectivity index (χ0) is 33.5. The van der Waals surface area contributed by atoms with E-state index in [0.717, 1.165) is 0 Å². The summed E-state index contributed by atoms with van der Waals surface area (Å²) in [6.07, 6.45) is -20.5. The smallest absolute Gasteiger partial charge is 0.203 e. The van der Waals surface area contributed by atoms with Gasteiger partial charge in [0.15, 0.2) is 69.8 Å². The first kappa shape index (κ1) is 34.1. The Morgan fingerprint density at radius 2 is 0.419 bits per heavy atom. The van der Waals surface area contributed by atoms with Crippen molar-refractivity contribution in [3.8, 4) is 0 Å². The summed E-state index contributed by atoms with van der Waals surface area (Å²) in [5.41, 5.74) is -11.5. The van der Waals surface area contributed by atoms with E-state index in [1.807, 2.05) is 0 Å². The van der Waals surface area contributed by atoms with E-state index >= 15 is 0 Å². The fraction of sp³-hybridized carbons (Fsp3) is 0.143. The standard InChI is InChI=1S/C21F21P/c22-4-1(19(34,35)36)16(13(31)10(28)7(4)25)43(17-2(20(37,38)39)5(23)8(26)11(29)14(17)32)18-3(21(40,41)42)6(24)9(27)12(30)15(18)33. The maximum atomic E-state index is 14.9. The first-order chi connectivity index (χ1) is 19.3. The molecule has 3 rings (SSSR count). The molecule has 22 heteroatoms. The SMILES string of the molecule is Fc1c(F)c(F)c(C(F)(F)F)c(P(c2c(F)c(F)c(F)c(F)c2C(F)(F)F)c2c(F)c(F)c(F)c(F)c2C(F)(F)F)c1F. The lowest BCUT2D eigenvalue weighted by molar-refractivity contribution is -0.140. The van der Waals surface area contributed by atoms with Crippen LogP contribution in [0.1, 0.15) is 16.7 Å². The van der Waals surface area contributed by atoms with Gasteiger partial charge in [-0.3, -0.25) is 0 Å². The number of hydrogen-bond acceptors (Lipinski definition) is 0. The molecule has 0 aliphatic rings. The normalized spacial score (nSPS) is 13.0. The van der Waals surface area contributed by atoms with Crippen molar-refractivity contribution in [2.75, 3.05) is 0 Å². The van der Waals surface area contributed by atoms with Gasteiger partial charge in [-0.1, -0.05) is 0 Å². The van der Waals surface area contributed by atoms with Crippen LogP contribution in [0.15, 0.2) is 0 Å². The van der Waals surface area contributed by atoms with E-state index in [2.05, 4.69) is 0 Å². The van der Waals surface area contributed by atoms with Gasteiger partial charge in [-0.05, 0) is 7.92 Å². The molecule has 0 fully saturated rings. The number of alkyl halides is 9. The molecule has 0 aliphatic carbocycles. The van der Waals surface area contributed by atoms with Gasteiger partial charge in [0, 0.05) is 15.9 Å². The van der Waals surface area contributed by atoms with Crippen LogP contribution in [0, 0.1) is 69.8 Å². The highest BCUT2D eigenvalue weighted by molar-refractivity contribution is 7.80. The maximum Gasteiger partial charge on any atom is 0.420 e. The van der Waals surface area contributed by atoms with Gasteiger partial charge in [0.1, 0.15) is 16.7 Å². The molecule has 0 saturated carbocycles. The third-order valence-corrected chi connectivity index (χ3v) is 7.85. The number of hydrogen-bond donors (Lipinski definition) is 0. The maximum absolute atomic E-state index is 14.9. The van der Waals surface area contributed by atoms with Crippen LogP contribution in [0.5, 0.6) is 0 Å². The van der Waals surface area contributed by atoms with E-state index < -0.39 is 129 Å². The van der Waals surface area contributed by atoms with Gasteiger partial charge >= 0.3 is 18.5 Å². The fourth-order valence-corrected chi connectivity index (χ4v) is 6.50. The minimum atomic E-state index is -6.84. The average Bonchev–Trinajstić information content (AvgIpc) is 2.86. The van der Waals surface area contributed by atoms with E-state index in [4.69, 9.17) is 0 Å². The van der Waals surface area contributed by atoms with Crippen molar-refractivity contribution in [3.05, 3.63) is 86.5 Å². The van der Waals surface area contributed by atoms with Gasteiger partial charge < -0.3 is 0 Å². The minimum absolute atomic E-state index is 3.52. The molecule has 0 bridgehead atoms. The zero-order valence-corrected chi connectivity index (χ0v) is 19.8. The Morgan fingerprint density at radius 3 is 0.581 bits per heavy atom. The van der Waals surface area contributed by atoms with Crippen LogP contribution in [-0.2, 0) is 18.5 Å². The Hall–Kier alpha value is -3.38. The van der Waals surface area contributed by atoms with Gasteiger partial charge in [-0.25, -0.2) is 52.7 Å². The molecule has 0 atom stereocenters. The van der Waals surface area contributed by atoms with Crippen LogP contribution >= 0.6 is 7.92 Å². The van der Waals surface area contributed by atoms with Crippen LogP contribution in [0.2, 0.25) is 0 Å². The lowest BCUT2D eigenvalue weighted by Gasteiger charge is -2.29. The number of benzene rings is 3. The van der Waals surface area contributed by atoms with Crippen LogP contribution < -0.4 is 15.9 Å². The molecule has 0 unspecified atom stereocenters. The van der Waals surface area contributed by atoms with Crippen molar-refractivity contribution in [3.63, 3.8) is 0 Å². The first-order valence-corrected chi connectivity index (χ1v) is 11.2. The van der Waals surface area contributed by atoms with Crippen molar-refractivity contribution >= 4 is 23.8 Å². The molecule has 0 aliphatic heterocycles. The van der Waals surface area contributed by atoms with Gasteiger partial charge in [-0.15, -0.1) is 0 Å². The van der Waals surface area contributed by atoms with E-state index in [9.17, 15) is 92.2 Å². The third-order valence-electron chi connectivity index (χ3n) is 5.25. The highest BCUT2D eigenvalue weighted by Gasteiger charge is 2.53. The molecule has 236 valence electrons. The van der Waals surface area contributed by atoms with E-state index in [1.54, 1.807) is 0 Å². The van der Waals surface area contributed by atoms with Crippen molar-refractivity contribution in [2.45, 2.75) is 18.5 Å². The molecule has 0 nitrogen and oxygen atoms in total.